The highest BCUT2D eigenvalue weighted by molar-refractivity contribution is 5.26. The Morgan fingerprint density at radius 2 is 1.44 bits per heavy atom. The van der Waals surface area contributed by atoms with Crippen molar-refractivity contribution >= 4 is 0 Å². The third kappa shape index (κ3) is 3.34. The average molecular weight is 244 g/mol. The van der Waals surface area contributed by atoms with E-state index in [2.05, 4.69) is 45.6 Å². The molecule has 1 rings (SSSR count). The summed E-state index contributed by atoms with van der Waals surface area (Å²) in [7, 11) is 0. The van der Waals surface area contributed by atoms with Crippen molar-refractivity contribution in [1.82, 2.24) is 4.90 Å². The molecule has 2 atom stereocenters. The molecular formula is C16H24N2. The van der Waals surface area contributed by atoms with Crippen LogP contribution in [0.3, 0.4) is 0 Å². The Hall–Kier alpha value is -1.33. The lowest BCUT2D eigenvalue weighted by Gasteiger charge is -2.38. The van der Waals surface area contributed by atoms with E-state index in [9.17, 15) is 5.26 Å². The molecule has 1 aromatic rings. The van der Waals surface area contributed by atoms with Gasteiger partial charge < -0.3 is 0 Å². The van der Waals surface area contributed by atoms with Crippen LogP contribution in [0.15, 0.2) is 30.3 Å². The average Bonchev–Trinajstić information content (AvgIpc) is 2.30. The minimum absolute atomic E-state index is 0.0731. The molecule has 0 aliphatic carbocycles. The van der Waals surface area contributed by atoms with Gasteiger partial charge in [0, 0.05) is 18.1 Å². The Balaban J connectivity index is 2.99. The molecule has 1 aromatic carbocycles. The topological polar surface area (TPSA) is 27.0 Å². The number of benzene rings is 1. The number of rotatable bonds is 5. The van der Waals surface area contributed by atoms with Gasteiger partial charge in [-0.2, -0.15) is 5.26 Å². The van der Waals surface area contributed by atoms with Crippen LogP contribution in [-0.4, -0.2) is 23.0 Å². The lowest BCUT2D eigenvalue weighted by atomic mass is 9.91. The van der Waals surface area contributed by atoms with E-state index in [0.717, 1.165) is 5.56 Å². The first kappa shape index (κ1) is 14.7. The summed E-state index contributed by atoms with van der Waals surface area (Å²) in [5.41, 5.74) is 1.11. The zero-order valence-electron chi connectivity index (χ0n) is 12.1. The summed E-state index contributed by atoms with van der Waals surface area (Å²) in [6.07, 6.45) is 0. The Labute approximate surface area is 111 Å². The van der Waals surface area contributed by atoms with E-state index in [1.807, 2.05) is 30.3 Å². The van der Waals surface area contributed by atoms with E-state index in [0.29, 0.717) is 12.1 Å². The Bertz CT molecular complexity index is 381. The van der Waals surface area contributed by atoms with Crippen LogP contribution in [0, 0.1) is 11.3 Å². The van der Waals surface area contributed by atoms with Gasteiger partial charge in [-0.1, -0.05) is 30.3 Å². The molecule has 0 saturated heterocycles. The van der Waals surface area contributed by atoms with E-state index in [4.69, 9.17) is 0 Å². The fourth-order valence-electron chi connectivity index (χ4n) is 2.83. The molecule has 0 N–H and O–H groups in total. The first-order valence-electron chi connectivity index (χ1n) is 6.71. The van der Waals surface area contributed by atoms with Crippen LogP contribution in [0.1, 0.15) is 46.1 Å². The van der Waals surface area contributed by atoms with Gasteiger partial charge in [0.15, 0.2) is 0 Å². The fraction of sp³-hybridized carbons (Fsp3) is 0.562. The normalized spacial score (nSPS) is 14.8. The van der Waals surface area contributed by atoms with Gasteiger partial charge in [-0.25, -0.2) is 0 Å². The van der Waals surface area contributed by atoms with Crippen molar-refractivity contribution in [1.29, 1.82) is 5.26 Å². The monoisotopic (exact) mass is 244 g/mol. The minimum Gasteiger partial charge on any atom is -0.294 e. The smallest absolute Gasteiger partial charge is 0.0865 e. The van der Waals surface area contributed by atoms with Gasteiger partial charge >= 0.3 is 0 Å². The summed E-state index contributed by atoms with van der Waals surface area (Å²) in [6, 6.07) is 13.7. The molecule has 0 amide bonds. The molecule has 98 valence electrons. The van der Waals surface area contributed by atoms with Crippen LogP contribution in [0.4, 0.5) is 0 Å². The number of hydrogen-bond acceptors (Lipinski definition) is 2. The second-order valence-corrected chi connectivity index (χ2v) is 5.39. The summed E-state index contributed by atoms with van der Waals surface area (Å²) in [4.78, 5) is 2.40. The van der Waals surface area contributed by atoms with Gasteiger partial charge in [0.05, 0.1) is 12.0 Å². The van der Waals surface area contributed by atoms with Crippen molar-refractivity contribution < 1.29 is 0 Å². The summed E-state index contributed by atoms with van der Waals surface area (Å²) in [5, 5.41) is 9.49. The summed E-state index contributed by atoms with van der Waals surface area (Å²) in [6.45, 7) is 10.9. The van der Waals surface area contributed by atoms with Gasteiger partial charge in [0.25, 0.3) is 0 Å². The van der Waals surface area contributed by atoms with Gasteiger partial charge in [0.1, 0.15) is 0 Å². The van der Waals surface area contributed by atoms with Crippen molar-refractivity contribution in [3.63, 3.8) is 0 Å². The molecule has 18 heavy (non-hydrogen) atoms. The molecule has 2 nitrogen and oxygen atoms in total. The maximum atomic E-state index is 9.49. The zero-order chi connectivity index (χ0) is 13.7. The first-order chi connectivity index (χ1) is 8.49. The van der Waals surface area contributed by atoms with Crippen LogP contribution >= 0.6 is 0 Å². The summed E-state index contributed by atoms with van der Waals surface area (Å²) < 4.78 is 0. The van der Waals surface area contributed by atoms with Crippen molar-refractivity contribution in [2.45, 2.75) is 58.7 Å². The molecule has 0 heterocycles. The number of nitriles is 1. The fourth-order valence-corrected chi connectivity index (χ4v) is 2.83. The summed E-state index contributed by atoms with van der Waals surface area (Å²) >= 11 is 0. The summed E-state index contributed by atoms with van der Waals surface area (Å²) in [5.74, 6) is -0.0731. The van der Waals surface area contributed by atoms with E-state index < -0.39 is 0 Å². The largest absolute Gasteiger partial charge is 0.294 e. The molecular weight excluding hydrogens is 220 g/mol. The zero-order valence-corrected chi connectivity index (χ0v) is 12.1. The van der Waals surface area contributed by atoms with Crippen LogP contribution in [-0.2, 0) is 0 Å². The van der Waals surface area contributed by atoms with E-state index in [1.54, 1.807) is 0 Å². The number of hydrogen-bond donors (Lipinski definition) is 0. The van der Waals surface area contributed by atoms with E-state index >= 15 is 0 Å². The quantitative estimate of drug-likeness (QED) is 0.787. The molecule has 0 aromatic heterocycles. The minimum atomic E-state index is -0.0731. The highest BCUT2D eigenvalue weighted by Crippen LogP contribution is 2.25. The molecule has 0 spiro atoms. The van der Waals surface area contributed by atoms with E-state index in [-0.39, 0.29) is 12.0 Å². The van der Waals surface area contributed by atoms with E-state index in [1.165, 1.54) is 0 Å². The lowest BCUT2D eigenvalue weighted by molar-refractivity contribution is 0.115. The standard InChI is InChI=1S/C16H24N2/c1-12(2)18(13(3)4)14(5)16(11-17)15-9-7-6-8-10-15/h6-10,12-14,16H,1-5H3. The third-order valence-electron chi connectivity index (χ3n) is 3.44. The van der Waals surface area contributed by atoms with Crippen molar-refractivity contribution in [3.05, 3.63) is 35.9 Å². The van der Waals surface area contributed by atoms with Crippen LogP contribution in [0.25, 0.3) is 0 Å². The molecule has 0 fully saturated rings. The second kappa shape index (κ2) is 6.56. The highest BCUT2D eigenvalue weighted by Gasteiger charge is 2.28. The molecule has 0 aliphatic rings. The Morgan fingerprint density at radius 1 is 0.944 bits per heavy atom. The van der Waals surface area contributed by atoms with Gasteiger partial charge in [-0.3, -0.25) is 4.90 Å². The van der Waals surface area contributed by atoms with Gasteiger partial charge in [-0.15, -0.1) is 0 Å². The van der Waals surface area contributed by atoms with Crippen LogP contribution < -0.4 is 0 Å². The Morgan fingerprint density at radius 3 is 1.83 bits per heavy atom. The maximum Gasteiger partial charge on any atom is 0.0865 e. The molecule has 0 radical (unpaired) electrons. The predicted molar refractivity (Wildman–Crippen MR) is 76.4 cm³/mol. The third-order valence-corrected chi connectivity index (χ3v) is 3.44. The van der Waals surface area contributed by atoms with Crippen molar-refractivity contribution in [3.8, 4) is 6.07 Å². The predicted octanol–water partition coefficient (Wildman–Crippen LogP) is 3.80. The SMILES string of the molecule is CC(C)N(C(C)C)C(C)C(C#N)c1ccccc1. The first-order valence-corrected chi connectivity index (χ1v) is 6.71. The maximum absolute atomic E-state index is 9.49. The molecule has 0 aliphatic heterocycles. The second-order valence-electron chi connectivity index (χ2n) is 5.39. The molecule has 0 saturated carbocycles. The lowest BCUT2D eigenvalue weighted by Crippen LogP contribution is -2.46. The molecule has 0 bridgehead atoms. The van der Waals surface area contributed by atoms with Crippen LogP contribution in [0.5, 0.6) is 0 Å². The highest BCUT2D eigenvalue weighted by atomic mass is 15.2. The van der Waals surface area contributed by atoms with Gasteiger partial charge in [0.2, 0.25) is 0 Å². The molecule has 2 heteroatoms. The number of nitrogens with zero attached hydrogens (tertiary/aromatic N) is 2. The van der Waals surface area contributed by atoms with Gasteiger partial charge in [-0.05, 0) is 40.2 Å². The van der Waals surface area contributed by atoms with Crippen LogP contribution in [0.2, 0.25) is 0 Å². The van der Waals surface area contributed by atoms with Crippen molar-refractivity contribution in [2.24, 2.45) is 0 Å². The Kier molecular flexibility index (Phi) is 5.37. The molecule has 2 unspecified atom stereocenters. The van der Waals surface area contributed by atoms with Crippen molar-refractivity contribution in [2.75, 3.05) is 0 Å².